The van der Waals surface area contributed by atoms with Crippen LogP contribution in [0.2, 0.25) is 0 Å². The molecule has 8 nitrogen and oxygen atoms in total. The largest absolute Gasteiger partial charge is 1.00 e. The number of hydrogen-bond donors (Lipinski definition) is 2. The smallest absolute Gasteiger partial charge is 0.671 e. The maximum Gasteiger partial charge on any atom is 1.00 e. The number of alkyl halides is 3. The molecule has 170 valence electrons. The molecule has 3 rings (SSSR count). The average Bonchev–Trinajstić information content (AvgIpc) is 3.24. The number of aromatic hydroxyl groups is 1. The number of amides is 1. The van der Waals surface area contributed by atoms with E-state index < -0.39 is 40.5 Å². The number of carbonyl (C=O) groups excluding carboxylic acids is 1. The van der Waals surface area contributed by atoms with Crippen molar-refractivity contribution in [2.75, 3.05) is 19.4 Å². The van der Waals surface area contributed by atoms with E-state index in [9.17, 15) is 32.7 Å². The summed E-state index contributed by atoms with van der Waals surface area (Å²) in [4.78, 5) is 37.6. The summed E-state index contributed by atoms with van der Waals surface area (Å²) in [5.41, 5.74) is -2.38. The molecule has 0 fully saturated rings. The molecule has 0 saturated heterocycles. The van der Waals surface area contributed by atoms with E-state index in [1.807, 2.05) is 0 Å². The molecule has 0 bridgehead atoms. The fourth-order valence-corrected chi connectivity index (χ4v) is 3.01. The van der Waals surface area contributed by atoms with Gasteiger partial charge in [-0.1, -0.05) is 31.1 Å². The SMILES string of the molecule is CCC([N-]c1c(Nc2cccc(C(=O)N(C)C)c2O)c(=O)c1=O)c1ccc(C(F)(F)F)o1.[Li+]. The third-order valence-corrected chi connectivity index (χ3v) is 4.72. The number of anilines is 2. The van der Waals surface area contributed by atoms with Crippen LogP contribution in [0.4, 0.5) is 30.2 Å². The number of furan rings is 1. The van der Waals surface area contributed by atoms with Gasteiger partial charge >= 0.3 is 25.0 Å². The summed E-state index contributed by atoms with van der Waals surface area (Å²) in [6, 6.07) is 5.18. The van der Waals surface area contributed by atoms with Crippen LogP contribution in [-0.2, 0) is 6.18 Å². The zero-order valence-electron chi connectivity index (χ0n) is 18.3. The van der Waals surface area contributed by atoms with Gasteiger partial charge < -0.3 is 25.1 Å². The molecule has 12 heteroatoms. The minimum absolute atomic E-state index is 0. The Hall–Kier alpha value is -3.16. The topological polar surface area (TPSA) is 114 Å². The molecule has 33 heavy (non-hydrogen) atoms. The molecule has 0 spiro atoms. The number of phenols is 1. The summed E-state index contributed by atoms with van der Waals surface area (Å²) in [6.07, 6.45) is -4.47. The summed E-state index contributed by atoms with van der Waals surface area (Å²) in [6.45, 7) is 1.63. The van der Waals surface area contributed by atoms with Gasteiger partial charge in [-0.05, 0) is 24.3 Å². The van der Waals surface area contributed by atoms with Crippen molar-refractivity contribution < 1.29 is 46.4 Å². The van der Waals surface area contributed by atoms with E-state index in [1.165, 1.54) is 37.2 Å². The molecule has 0 radical (unpaired) electrons. The second-order valence-corrected chi connectivity index (χ2v) is 7.16. The molecule has 0 aliphatic heterocycles. The van der Waals surface area contributed by atoms with E-state index in [0.717, 1.165) is 12.1 Å². The Morgan fingerprint density at radius 2 is 1.85 bits per heavy atom. The second-order valence-electron chi connectivity index (χ2n) is 7.16. The second kappa shape index (κ2) is 9.77. The molecule has 0 aliphatic carbocycles. The first kappa shape index (κ1) is 26.1. The van der Waals surface area contributed by atoms with E-state index in [1.54, 1.807) is 6.92 Å². The van der Waals surface area contributed by atoms with E-state index in [0.29, 0.717) is 0 Å². The number of benzene rings is 1. The van der Waals surface area contributed by atoms with Gasteiger partial charge in [-0.2, -0.15) is 13.2 Å². The summed E-state index contributed by atoms with van der Waals surface area (Å²) in [5, 5.41) is 17.1. The minimum atomic E-state index is -4.67. The number of halogens is 3. The molecular formula is C21H19F3LiN3O5. The van der Waals surface area contributed by atoms with Gasteiger partial charge in [0.2, 0.25) is 16.6 Å². The number of carbonyl (C=O) groups is 1. The van der Waals surface area contributed by atoms with Crippen molar-refractivity contribution in [3.8, 4) is 5.75 Å². The Kier molecular flexibility index (Phi) is 7.72. The van der Waals surface area contributed by atoms with Crippen LogP contribution in [0.5, 0.6) is 5.75 Å². The third-order valence-electron chi connectivity index (χ3n) is 4.72. The van der Waals surface area contributed by atoms with E-state index in [2.05, 4.69) is 10.6 Å². The molecule has 2 aromatic carbocycles. The third kappa shape index (κ3) is 5.10. The van der Waals surface area contributed by atoms with Gasteiger partial charge in [0.05, 0.1) is 22.7 Å². The zero-order valence-corrected chi connectivity index (χ0v) is 18.3. The Morgan fingerprint density at radius 3 is 2.39 bits per heavy atom. The average molecular weight is 457 g/mol. The maximum absolute atomic E-state index is 12.8. The van der Waals surface area contributed by atoms with Crippen molar-refractivity contribution in [3.05, 3.63) is 73.2 Å². The number of rotatable bonds is 7. The van der Waals surface area contributed by atoms with Crippen molar-refractivity contribution >= 4 is 23.0 Å². The fraction of sp³-hybridized carbons (Fsp3) is 0.286. The first-order chi connectivity index (χ1) is 15.0. The normalized spacial score (nSPS) is 12.2. The predicted octanol–water partition coefficient (Wildman–Crippen LogP) is 1.21. The van der Waals surface area contributed by atoms with Crippen LogP contribution >= 0.6 is 0 Å². The molecule has 0 saturated carbocycles. The van der Waals surface area contributed by atoms with Gasteiger partial charge in [0, 0.05) is 14.1 Å². The van der Waals surface area contributed by atoms with E-state index in [-0.39, 0.29) is 53.7 Å². The summed E-state index contributed by atoms with van der Waals surface area (Å²) < 4.78 is 43.3. The zero-order chi connectivity index (χ0) is 23.8. The molecule has 2 N–H and O–H groups in total. The Labute approximate surface area is 198 Å². The van der Waals surface area contributed by atoms with Crippen LogP contribution in [0.15, 0.2) is 44.3 Å². The van der Waals surface area contributed by atoms with Crippen molar-refractivity contribution in [2.24, 2.45) is 0 Å². The van der Waals surface area contributed by atoms with Crippen LogP contribution in [0.25, 0.3) is 5.32 Å². The van der Waals surface area contributed by atoms with Gasteiger partial charge in [0.25, 0.3) is 5.91 Å². The van der Waals surface area contributed by atoms with Gasteiger partial charge in [-0.3, -0.25) is 14.4 Å². The summed E-state index contributed by atoms with van der Waals surface area (Å²) >= 11 is 0. The van der Waals surface area contributed by atoms with Crippen LogP contribution in [0, 0.1) is 0 Å². The van der Waals surface area contributed by atoms with E-state index >= 15 is 0 Å². The summed E-state index contributed by atoms with van der Waals surface area (Å²) in [5.74, 6) is -2.22. The van der Waals surface area contributed by atoms with Gasteiger partial charge in [0.1, 0.15) is 0 Å². The van der Waals surface area contributed by atoms with Crippen LogP contribution in [-0.4, -0.2) is 30.0 Å². The van der Waals surface area contributed by atoms with Crippen LogP contribution < -0.4 is 35.0 Å². The molecule has 1 atom stereocenters. The predicted molar refractivity (Wildman–Crippen MR) is 111 cm³/mol. The Bertz CT molecular complexity index is 1230. The Balaban J connectivity index is 0.00000385. The molecule has 1 amide bonds. The molecule has 0 aliphatic rings. The van der Waals surface area contributed by atoms with Crippen LogP contribution in [0.1, 0.15) is 41.3 Å². The molecule has 3 aromatic rings. The number of nitrogens with one attached hydrogen (secondary N) is 1. The molecule has 1 aromatic heterocycles. The maximum atomic E-state index is 12.8. The number of phenolic OH excluding ortho intramolecular Hbond substituents is 1. The Morgan fingerprint density at radius 1 is 1.18 bits per heavy atom. The minimum Gasteiger partial charge on any atom is -0.671 e. The number of para-hydroxylation sites is 1. The molecule has 1 heterocycles. The van der Waals surface area contributed by atoms with Crippen molar-refractivity contribution in [2.45, 2.75) is 25.6 Å². The van der Waals surface area contributed by atoms with Crippen LogP contribution in [0.3, 0.4) is 0 Å². The van der Waals surface area contributed by atoms with Crippen molar-refractivity contribution in [1.82, 2.24) is 4.90 Å². The van der Waals surface area contributed by atoms with Crippen molar-refractivity contribution in [1.29, 1.82) is 0 Å². The number of hydrogen-bond acceptors (Lipinski definition) is 6. The van der Waals surface area contributed by atoms with Gasteiger partial charge in [0.15, 0.2) is 5.75 Å². The fourth-order valence-electron chi connectivity index (χ4n) is 3.01. The monoisotopic (exact) mass is 457 g/mol. The molecule has 1 unspecified atom stereocenters. The number of nitrogens with zero attached hydrogens (tertiary/aromatic N) is 2. The quantitative estimate of drug-likeness (QED) is 0.313. The first-order valence-corrected chi connectivity index (χ1v) is 9.47. The molecular weight excluding hydrogens is 438 g/mol. The van der Waals surface area contributed by atoms with Gasteiger partial charge in [-0.25, -0.2) is 0 Å². The first-order valence-electron chi connectivity index (χ1n) is 9.47. The summed E-state index contributed by atoms with van der Waals surface area (Å²) in [7, 11) is 3.00. The van der Waals surface area contributed by atoms with Gasteiger partial charge in [-0.15, -0.1) is 0 Å². The van der Waals surface area contributed by atoms with Crippen molar-refractivity contribution in [3.63, 3.8) is 0 Å². The van der Waals surface area contributed by atoms with E-state index in [4.69, 9.17) is 4.42 Å². The standard InChI is InChI=1S/C21H20F3N3O5.Li/c1-4-11(13-8-9-14(32-13)21(22,23)24)25-15-16(19(30)18(15)29)26-12-7-5-6-10(17(12)28)20(31)27(2)3;/h5-9,11H,4H2,1-3H3,(H3,25,26,28,29,30,31);/q;+1/p-1.